The van der Waals surface area contributed by atoms with E-state index in [9.17, 15) is 5.11 Å². The Morgan fingerprint density at radius 3 is 2.71 bits per heavy atom. The minimum absolute atomic E-state index is 0.0239. The lowest BCUT2D eigenvalue weighted by Gasteiger charge is -2.34. The number of anilines is 2. The molecule has 0 bridgehead atoms. The first-order valence-corrected chi connectivity index (χ1v) is 10.6. The number of nitrogen functional groups attached to an aromatic ring is 1. The molecule has 1 aliphatic heterocycles. The number of aryl methyl sites for hydroxylation is 1. The molecule has 5 nitrogen and oxygen atoms in total. The topological polar surface area (TPSA) is 74.7 Å². The van der Waals surface area contributed by atoms with Crippen LogP contribution in [-0.2, 0) is 13.0 Å². The fourth-order valence-electron chi connectivity index (χ4n) is 5.22. The quantitative estimate of drug-likeness (QED) is 0.764. The Labute approximate surface area is 170 Å². The molecule has 3 N–H and O–H groups in total. The van der Waals surface area contributed by atoms with E-state index in [1.54, 1.807) is 0 Å². The highest BCUT2D eigenvalue weighted by atomic mass is 35.5. The summed E-state index contributed by atoms with van der Waals surface area (Å²) in [6.07, 6.45) is 7.12. The van der Waals surface area contributed by atoms with Crippen LogP contribution in [0.25, 0.3) is 0 Å². The van der Waals surface area contributed by atoms with E-state index in [0.717, 1.165) is 41.2 Å². The van der Waals surface area contributed by atoms with E-state index in [4.69, 9.17) is 22.4 Å². The molecular formula is C22H25ClN4O. The first-order chi connectivity index (χ1) is 13.7. The summed E-state index contributed by atoms with van der Waals surface area (Å²) < 4.78 is 0. The van der Waals surface area contributed by atoms with Crippen molar-refractivity contribution in [1.82, 2.24) is 4.98 Å². The fourth-order valence-corrected chi connectivity index (χ4v) is 5.39. The number of halogens is 1. The number of nitrogens with two attached hydrogens (primary N) is 1. The largest absolute Gasteiger partial charge is 0.398 e. The van der Waals surface area contributed by atoms with Gasteiger partial charge in [0.2, 0.25) is 0 Å². The average Bonchev–Trinajstić information content (AvgIpc) is 3.36. The van der Waals surface area contributed by atoms with Crippen molar-refractivity contribution < 1.29 is 5.11 Å². The van der Waals surface area contributed by atoms with Crippen molar-refractivity contribution in [3.8, 4) is 0 Å². The van der Waals surface area contributed by atoms with Crippen LogP contribution in [0.3, 0.4) is 0 Å². The second kappa shape index (κ2) is 7.05. The molecule has 2 aromatic rings. The minimum atomic E-state index is -0.0239. The monoisotopic (exact) mass is 396 g/mol. The van der Waals surface area contributed by atoms with Gasteiger partial charge in [0.15, 0.2) is 0 Å². The first-order valence-electron chi connectivity index (χ1n) is 10.2. The summed E-state index contributed by atoms with van der Waals surface area (Å²) in [6.45, 7) is -0.0239. The number of benzene rings is 1. The molecule has 0 spiro atoms. The molecule has 2 atom stereocenters. The van der Waals surface area contributed by atoms with Crippen LogP contribution in [-0.4, -0.2) is 21.8 Å². The number of hydrogen-bond acceptors (Lipinski definition) is 5. The second-order valence-corrected chi connectivity index (χ2v) is 8.58. The van der Waals surface area contributed by atoms with Gasteiger partial charge in [0.25, 0.3) is 0 Å². The van der Waals surface area contributed by atoms with Crippen LogP contribution in [0.5, 0.6) is 0 Å². The van der Waals surface area contributed by atoms with Crippen LogP contribution in [0.1, 0.15) is 49.1 Å². The van der Waals surface area contributed by atoms with Crippen LogP contribution in [0.2, 0.25) is 5.02 Å². The number of fused-ring (bicyclic) bond motifs is 3. The zero-order valence-electron chi connectivity index (χ0n) is 15.8. The molecule has 0 amide bonds. The van der Waals surface area contributed by atoms with Crippen LogP contribution in [0, 0.1) is 11.8 Å². The molecule has 2 aliphatic carbocycles. The summed E-state index contributed by atoms with van der Waals surface area (Å²) >= 11 is 6.33. The van der Waals surface area contributed by atoms with E-state index in [2.05, 4.69) is 16.1 Å². The molecule has 2 heterocycles. The molecule has 0 saturated heterocycles. The number of hydrogen-bond donors (Lipinski definition) is 2. The van der Waals surface area contributed by atoms with Crippen molar-refractivity contribution in [2.24, 2.45) is 16.9 Å². The van der Waals surface area contributed by atoms with Gasteiger partial charge in [0.05, 0.1) is 40.5 Å². The van der Waals surface area contributed by atoms with Crippen molar-refractivity contribution in [3.05, 3.63) is 52.3 Å². The molecule has 1 aromatic carbocycles. The molecule has 3 aliphatic rings. The van der Waals surface area contributed by atoms with Crippen molar-refractivity contribution in [2.45, 2.75) is 51.2 Å². The number of nitrogens with zero attached hydrogens (tertiary/aromatic N) is 3. The average molecular weight is 397 g/mol. The van der Waals surface area contributed by atoms with Crippen molar-refractivity contribution in [2.75, 3.05) is 10.7 Å². The Morgan fingerprint density at radius 1 is 1.14 bits per heavy atom. The SMILES string of the molecule is Nc1ccc(N2N=C3c4ccc(CO)nc4CCC3C2C2CCCC2)cc1Cl. The molecule has 146 valence electrons. The molecule has 1 fully saturated rings. The highest BCUT2D eigenvalue weighted by Gasteiger charge is 2.45. The molecule has 2 unspecified atom stereocenters. The first kappa shape index (κ1) is 18.0. The van der Waals surface area contributed by atoms with E-state index in [1.807, 2.05) is 24.3 Å². The standard InChI is InChI=1S/C22H25ClN4O/c23-18-11-15(6-9-19(18)24)27-22(13-3-1-2-4-13)17-8-10-20-16(21(17)26-27)7-5-14(12-28)25-20/h5-7,9,11,13,17,22,28H,1-4,8,10,12,24H2. The van der Waals surface area contributed by atoms with E-state index in [1.165, 1.54) is 25.7 Å². The Bertz CT molecular complexity index is 938. The molecular weight excluding hydrogens is 372 g/mol. The van der Waals surface area contributed by atoms with E-state index < -0.39 is 0 Å². The maximum Gasteiger partial charge on any atom is 0.0853 e. The molecule has 28 heavy (non-hydrogen) atoms. The lowest BCUT2D eigenvalue weighted by atomic mass is 9.76. The van der Waals surface area contributed by atoms with Crippen molar-refractivity contribution in [3.63, 3.8) is 0 Å². The van der Waals surface area contributed by atoms with Gasteiger partial charge in [0, 0.05) is 17.2 Å². The van der Waals surface area contributed by atoms with Crippen LogP contribution in [0.15, 0.2) is 35.4 Å². The number of hydrazone groups is 1. The summed E-state index contributed by atoms with van der Waals surface area (Å²) in [4.78, 5) is 4.65. The van der Waals surface area contributed by atoms with Gasteiger partial charge < -0.3 is 10.8 Å². The van der Waals surface area contributed by atoms with Gasteiger partial charge >= 0.3 is 0 Å². The van der Waals surface area contributed by atoms with E-state index in [0.29, 0.717) is 28.6 Å². The zero-order chi connectivity index (χ0) is 19.3. The van der Waals surface area contributed by atoms with Gasteiger partial charge in [-0.3, -0.25) is 9.99 Å². The Balaban J connectivity index is 1.59. The van der Waals surface area contributed by atoms with E-state index >= 15 is 0 Å². The zero-order valence-corrected chi connectivity index (χ0v) is 16.6. The normalized spacial score (nSPS) is 24.2. The molecule has 1 aromatic heterocycles. The van der Waals surface area contributed by atoms with Gasteiger partial charge in [-0.25, -0.2) is 0 Å². The molecule has 6 heteroatoms. The number of rotatable bonds is 3. The molecule has 5 rings (SSSR count). The Kier molecular flexibility index (Phi) is 4.52. The maximum atomic E-state index is 9.43. The highest BCUT2D eigenvalue weighted by molar-refractivity contribution is 6.33. The van der Waals surface area contributed by atoms with E-state index in [-0.39, 0.29) is 6.61 Å². The summed E-state index contributed by atoms with van der Waals surface area (Å²) in [5, 5.41) is 17.3. The number of pyridine rings is 1. The second-order valence-electron chi connectivity index (χ2n) is 8.17. The lowest BCUT2D eigenvalue weighted by molar-refractivity contribution is 0.276. The smallest absolute Gasteiger partial charge is 0.0853 e. The number of aliphatic hydroxyl groups is 1. The van der Waals surface area contributed by atoms with Gasteiger partial charge in [0.1, 0.15) is 0 Å². The highest BCUT2D eigenvalue weighted by Crippen LogP contribution is 2.45. The van der Waals surface area contributed by atoms with Gasteiger partial charge in [-0.1, -0.05) is 24.4 Å². The third-order valence-corrected chi connectivity index (χ3v) is 6.88. The summed E-state index contributed by atoms with van der Waals surface area (Å²) in [5.74, 6) is 1.06. The van der Waals surface area contributed by atoms with Gasteiger partial charge in [-0.15, -0.1) is 0 Å². The van der Waals surface area contributed by atoms with Crippen molar-refractivity contribution in [1.29, 1.82) is 0 Å². The Morgan fingerprint density at radius 2 is 1.96 bits per heavy atom. The molecule has 0 radical (unpaired) electrons. The summed E-state index contributed by atoms with van der Waals surface area (Å²) in [7, 11) is 0. The Hall–Kier alpha value is -2.11. The number of aliphatic hydroxyl groups excluding tert-OH is 1. The van der Waals surface area contributed by atoms with Gasteiger partial charge in [-0.05, 0) is 61.9 Å². The minimum Gasteiger partial charge on any atom is -0.398 e. The number of aromatic nitrogens is 1. The van der Waals surface area contributed by atoms with Gasteiger partial charge in [-0.2, -0.15) is 5.10 Å². The predicted octanol–water partition coefficient (Wildman–Crippen LogP) is 4.16. The fraction of sp³-hybridized carbons (Fsp3) is 0.455. The predicted molar refractivity (Wildman–Crippen MR) is 113 cm³/mol. The van der Waals surface area contributed by atoms with Crippen molar-refractivity contribution >= 4 is 28.7 Å². The third kappa shape index (κ3) is 2.88. The maximum absolute atomic E-state index is 9.43. The summed E-state index contributed by atoms with van der Waals surface area (Å²) in [5.41, 5.74) is 11.6. The van der Waals surface area contributed by atoms with Crippen LogP contribution in [0.4, 0.5) is 11.4 Å². The third-order valence-electron chi connectivity index (χ3n) is 6.55. The molecule has 1 saturated carbocycles. The van der Waals surface area contributed by atoms with Crippen LogP contribution >= 0.6 is 11.6 Å². The lowest BCUT2D eigenvalue weighted by Crippen LogP contribution is -2.40. The summed E-state index contributed by atoms with van der Waals surface area (Å²) in [6, 6.07) is 10.2. The van der Waals surface area contributed by atoms with Crippen LogP contribution < -0.4 is 10.7 Å².